The standard InChI is InChI=1S/C23H20N2O3/c26-22-14-13-20(25-22)16-7-6-8-17(15-16)24-23(27)19-11-4-5-12-21(19)28-18-9-2-1-3-10-18/h1-12,15,20H,13-14H2,(H,24,27)(H,25,26). The van der Waals surface area contributed by atoms with E-state index in [-0.39, 0.29) is 17.9 Å². The van der Waals surface area contributed by atoms with Crippen molar-refractivity contribution in [3.05, 3.63) is 90.0 Å². The molecule has 2 N–H and O–H groups in total. The Bertz CT molecular complexity index is 1000. The SMILES string of the molecule is O=C1CCC(c2cccc(NC(=O)c3ccccc3Oc3ccccc3)c2)N1. The smallest absolute Gasteiger partial charge is 0.259 e. The van der Waals surface area contributed by atoms with Crippen molar-refractivity contribution in [3.8, 4) is 11.5 Å². The third-order valence-corrected chi connectivity index (χ3v) is 4.64. The first-order valence-electron chi connectivity index (χ1n) is 9.22. The van der Waals surface area contributed by atoms with Gasteiger partial charge in [0.05, 0.1) is 11.6 Å². The Labute approximate surface area is 163 Å². The molecule has 0 bridgehead atoms. The second-order valence-electron chi connectivity index (χ2n) is 6.65. The van der Waals surface area contributed by atoms with E-state index in [1.54, 1.807) is 18.2 Å². The molecule has 1 aliphatic rings. The van der Waals surface area contributed by atoms with E-state index in [9.17, 15) is 9.59 Å². The van der Waals surface area contributed by atoms with Gasteiger partial charge in [-0.25, -0.2) is 0 Å². The molecule has 1 fully saturated rings. The van der Waals surface area contributed by atoms with Crippen molar-refractivity contribution in [3.63, 3.8) is 0 Å². The predicted molar refractivity (Wildman–Crippen MR) is 107 cm³/mol. The van der Waals surface area contributed by atoms with Crippen molar-refractivity contribution in [1.29, 1.82) is 0 Å². The Morgan fingerprint density at radius 3 is 2.54 bits per heavy atom. The van der Waals surface area contributed by atoms with Crippen LogP contribution in [0.3, 0.4) is 0 Å². The fourth-order valence-corrected chi connectivity index (χ4v) is 3.25. The van der Waals surface area contributed by atoms with Crippen LogP contribution in [0.4, 0.5) is 5.69 Å². The molecule has 1 heterocycles. The Hall–Kier alpha value is -3.60. The number of carbonyl (C=O) groups is 2. The molecular formula is C23H20N2O3. The number of hydrogen-bond acceptors (Lipinski definition) is 3. The molecule has 3 aromatic carbocycles. The third kappa shape index (κ3) is 4.04. The molecule has 0 radical (unpaired) electrons. The maximum Gasteiger partial charge on any atom is 0.259 e. The fraction of sp³-hybridized carbons (Fsp3) is 0.130. The minimum Gasteiger partial charge on any atom is -0.457 e. The molecule has 140 valence electrons. The van der Waals surface area contributed by atoms with Crippen LogP contribution in [-0.4, -0.2) is 11.8 Å². The molecule has 1 saturated heterocycles. The van der Waals surface area contributed by atoms with E-state index in [0.29, 0.717) is 29.2 Å². The highest BCUT2D eigenvalue weighted by atomic mass is 16.5. The fourth-order valence-electron chi connectivity index (χ4n) is 3.25. The maximum atomic E-state index is 12.8. The maximum absolute atomic E-state index is 12.8. The van der Waals surface area contributed by atoms with Gasteiger partial charge in [-0.1, -0.05) is 42.5 Å². The van der Waals surface area contributed by atoms with Crippen molar-refractivity contribution in [2.24, 2.45) is 0 Å². The largest absolute Gasteiger partial charge is 0.457 e. The number of rotatable bonds is 5. The van der Waals surface area contributed by atoms with Crippen LogP contribution in [0.25, 0.3) is 0 Å². The van der Waals surface area contributed by atoms with Gasteiger partial charge in [-0.05, 0) is 48.4 Å². The van der Waals surface area contributed by atoms with Gasteiger partial charge in [0.15, 0.2) is 0 Å². The van der Waals surface area contributed by atoms with E-state index in [1.807, 2.05) is 60.7 Å². The molecule has 0 spiro atoms. The molecule has 5 heteroatoms. The third-order valence-electron chi connectivity index (χ3n) is 4.64. The zero-order valence-corrected chi connectivity index (χ0v) is 15.2. The number of benzene rings is 3. The van der Waals surface area contributed by atoms with Crippen LogP contribution in [-0.2, 0) is 4.79 Å². The highest BCUT2D eigenvalue weighted by molar-refractivity contribution is 6.06. The number of anilines is 1. The van der Waals surface area contributed by atoms with Crippen molar-refractivity contribution in [2.75, 3.05) is 5.32 Å². The average molecular weight is 372 g/mol. The summed E-state index contributed by atoms with van der Waals surface area (Å²) in [5.74, 6) is 0.970. The average Bonchev–Trinajstić information content (AvgIpc) is 3.16. The molecule has 0 aliphatic carbocycles. The van der Waals surface area contributed by atoms with E-state index < -0.39 is 0 Å². The number of nitrogens with one attached hydrogen (secondary N) is 2. The van der Waals surface area contributed by atoms with Gasteiger partial charge >= 0.3 is 0 Å². The molecule has 3 aromatic rings. The first-order chi connectivity index (χ1) is 13.7. The first kappa shape index (κ1) is 17.8. The summed E-state index contributed by atoms with van der Waals surface area (Å²) in [6.07, 6.45) is 1.30. The highest BCUT2D eigenvalue weighted by Crippen LogP contribution is 2.28. The van der Waals surface area contributed by atoms with E-state index in [0.717, 1.165) is 12.0 Å². The lowest BCUT2D eigenvalue weighted by Gasteiger charge is -2.14. The van der Waals surface area contributed by atoms with Gasteiger partial charge in [0.1, 0.15) is 11.5 Å². The highest BCUT2D eigenvalue weighted by Gasteiger charge is 2.22. The Morgan fingerprint density at radius 2 is 1.75 bits per heavy atom. The van der Waals surface area contributed by atoms with Gasteiger partial charge in [0, 0.05) is 12.1 Å². The predicted octanol–water partition coefficient (Wildman–Crippen LogP) is 4.68. The quantitative estimate of drug-likeness (QED) is 0.683. The summed E-state index contributed by atoms with van der Waals surface area (Å²) < 4.78 is 5.88. The monoisotopic (exact) mass is 372 g/mol. The van der Waals surface area contributed by atoms with Crippen LogP contribution < -0.4 is 15.4 Å². The van der Waals surface area contributed by atoms with Gasteiger partial charge in [0.25, 0.3) is 5.91 Å². The van der Waals surface area contributed by atoms with E-state index in [4.69, 9.17) is 4.74 Å². The second kappa shape index (κ2) is 7.96. The molecule has 5 nitrogen and oxygen atoms in total. The number of carbonyl (C=O) groups excluding carboxylic acids is 2. The van der Waals surface area contributed by atoms with Crippen molar-refractivity contribution < 1.29 is 14.3 Å². The van der Waals surface area contributed by atoms with Gasteiger partial charge in [-0.2, -0.15) is 0 Å². The zero-order valence-electron chi connectivity index (χ0n) is 15.2. The van der Waals surface area contributed by atoms with Crippen LogP contribution in [0.1, 0.15) is 34.8 Å². The van der Waals surface area contributed by atoms with Gasteiger partial charge < -0.3 is 15.4 Å². The lowest BCUT2D eigenvalue weighted by Crippen LogP contribution is -2.18. The molecule has 1 unspecified atom stereocenters. The first-order valence-corrected chi connectivity index (χ1v) is 9.22. The molecular weight excluding hydrogens is 352 g/mol. The van der Waals surface area contributed by atoms with Crippen molar-refractivity contribution in [1.82, 2.24) is 5.32 Å². The van der Waals surface area contributed by atoms with Crippen LogP contribution in [0.15, 0.2) is 78.9 Å². The van der Waals surface area contributed by atoms with Crippen LogP contribution in [0.2, 0.25) is 0 Å². The molecule has 1 atom stereocenters. The second-order valence-corrected chi connectivity index (χ2v) is 6.65. The number of para-hydroxylation sites is 2. The summed E-state index contributed by atoms with van der Waals surface area (Å²) in [5.41, 5.74) is 2.11. The van der Waals surface area contributed by atoms with Gasteiger partial charge in [0.2, 0.25) is 5.91 Å². The summed E-state index contributed by atoms with van der Waals surface area (Å²) in [4.78, 5) is 24.3. The lowest BCUT2D eigenvalue weighted by molar-refractivity contribution is -0.119. The molecule has 1 aliphatic heterocycles. The Kier molecular flexibility index (Phi) is 5.06. The zero-order chi connectivity index (χ0) is 19.3. The molecule has 0 aromatic heterocycles. The summed E-state index contributed by atoms with van der Waals surface area (Å²) in [6, 6.07) is 24.0. The van der Waals surface area contributed by atoms with Gasteiger partial charge in [-0.15, -0.1) is 0 Å². The van der Waals surface area contributed by atoms with Crippen LogP contribution in [0, 0.1) is 0 Å². The number of amides is 2. The van der Waals surface area contributed by atoms with Crippen molar-refractivity contribution in [2.45, 2.75) is 18.9 Å². The minimum absolute atomic E-state index is 0.00180. The molecule has 0 saturated carbocycles. The summed E-state index contributed by atoms with van der Waals surface area (Å²) in [6.45, 7) is 0. The van der Waals surface area contributed by atoms with E-state index >= 15 is 0 Å². The van der Waals surface area contributed by atoms with E-state index in [2.05, 4.69) is 10.6 Å². The molecule has 2 amide bonds. The summed E-state index contributed by atoms with van der Waals surface area (Å²) in [5, 5.41) is 5.87. The lowest BCUT2D eigenvalue weighted by atomic mass is 10.0. The van der Waals surface area contributed by atoms with Crippen LogP contribution in [0.5, 0.6) is 11.5 Å². The Balaban J connectivity index is 1.52. The number of ether oxygens (including phenoxy) is 1. The van der Waals surface area contributed by atoms with Crippen molar-refractivity contribution >= 4 is 17.5 Å². The van der Waals surface area contributed by atoms with Crippen LogP contribution >= 0.6 is 0 Å². The summed E-state index contributed by atoms with van der Waals surface area (Å²) in [7, 11) is 0. The number of hydrogen-bond donors (Lipinski definition) is 2. The topological polar surface area (TPSA) is 67.4 Å². The Morgan fingerprint density at radius 1 is 0.964 bits per heavy atom. The molecule has 4 rings (SSSR count). The molecule has 28 heavy (non-hydrogen) atoms. The van der Waals surface area contributed by atoms with Gasteiger partial charge in [-0.3, -0.25) is 9.59 Å². The minimum atomic E-state index is -0.251. The summed E-state index contributed by atoms with van der Waals surface area (Å²) >= 11 is 0. The van der Waals surface area contributed by atoms with E-state index in [1.165, 1.54) is 0 Å². The normalized spacial score (nSPS) is 15.7.